The summed E-state index contributed by atoms with van der Waals surface area (Å²) in [6, 6.07) is 6.33. The van der Waals surface area contributed by atoms with Crippen molar-refractivity contribution in [2.24, 2.45) is 0 Å². The van der Waals surface area contributed by atoms with E-state index in [0.29, 0.717) is 34.0 Å². The first-order valence-corrected chi connectivity index (χ1v) is 9.71. The van der Waals surface area contributed by atoms with Crippen molar-refractivity contribution in [2.45, 2.75) is 31.4 Å². The Morgan fingerprint density at radius 1 is 1.13 bits per heavy atom. The van der Waals surface area contributed by atoms with Crippen molar-refractivity contribution in [3.05, 3.63) is 41.5 Å². The maximum Gasteiger partial charge on any atom is 0.387 e. The van der Waals surface area contributed by atoms with Crippen LogP contribution < -0.4 is 9.47 Å². The second-order valence-corrected chi connectivity index (χ2v) is 7.13. The lowest BCUT2D eigenvalue weighted by Crippen LogP contribution is -2.03. The first-order valence-electron chi connectivity index (χ1n) is 8.72. The van der Waals surface area contributed by atoms with Gasteiger partial charge in [-0.1, -0.05) is 16.9 Å². The van der Waals surface area contributed by atoms with Gasteiger partial charge >= 0.3 is 6.61 Å². The van der Waals surface area contributed by atoms with Crippen LogP contribution in [0.15, 0.2) is 33.9 Å². The normalized spacial score (nSPS) is 11.4. The Bertz CT molecular complexity index is 1200. The van der Waals surface area contributed by atoms with E-state index in [2.05, 4.69) is 29.9 Å². The van der Waals surface area contributed by atoms with E-state index in [-0.39, 0.29) is 11.5 Å². The highest BCUT2D eigenvalue weighted by molar-refractivity contribution is 7.98. The minimum atomic E-state index is -2.95. The molecule has 0 amide bonds. The molecule has 9 nitrogen and oxygen atoms in total. The highest BCUT2D eigenvalue weighted by Gasteiger charge is 2.16. The average molecular weight is 434 g/mol. The van der Waals surface area contributed by atoms with Crippen LogP contribution in [0.5, 0.6) is 11.5 Å². The first-order chi connectivity index (χ1) is 14.4. The largest absolute Gasteiger partial charge is 0.493 e. The second kappa shape index (κ2) is 8.22. The van der Waals surface area contributed by atoms with E-state index in [0.717, 1.165) is 11.4 Å². The van der Waals surface area contributed by atoms with Crippen molar-refractivity contribution >= 4 is 17.5 Å². The number of halogens is 2. The van der Waals surface area contributed by atoms with E-state index >= 15 is 0 Å². The summed E-state index contributed by atoms with van der Waals surface area (Å²) in [7, 11) is 1.36. The standard InChI is InChI=1S/C18H16F2N6O3S/c1-9-6-10(2)26-17(21-9)23-18(24-26)30-8-14-22-15(25-29-14)11-4-5-12(28-16(19)20)13(7-11)27-3/h4-7,16H,8H2,1-3H3. The fraction of sp³-hybridized carbons (Fsp3) is 0.278. The summed E-state index contributed by atoms with van der Waals surface area (Å²) >= 11 is 1.33. The Kier molecular flexibility index (Phi) is 5.48. The highest BCUT2D eigenvalue weighted by atomic mass is 32.2. The summed E-state index contributed by atoms with van der Waals surface area (Å²) in [5.41, 5.74) is 2.34. The minimum Gasteiger partial charge on any atom is -0.493 e. The van der Waals surface area contributed by atoms with Gasteiger partial charge in [0.05, 0.1) is 12.9 Å². The summed E-state index contributed by atoms with van der Waals surface area (Å²) in [4.78, 5) is 13.1. The van der Waals surface area contributed by atoms with E-state index in [1.807, 2.05) is 19.9 Å². The van der Waals surface area contributed by atoms with Gasteiger partial charge in [-0.25, -0.2) is 9.50 Å². The predicted molar refractivity (Wildman–Crippen MR) is 103 cm³/mol. The van der Waals surface area contributed by atoms with Gasteiger partial charge in [0.25, 0.3) is 5.78 Å². The van der Waals surface area contributed by atoms with Crippen LogP contribution in [0.4, 0.5) is 8.78 Å². The molecule has 1 aromatic carbocycles. The van der Waals surface area contributed by atoms with Crippen molar-refractivity contribution in [1.29, 1.82) is 0 Å². The fourth-order valence-electron chi connectivity index (χ4n) is 2.77. The number of aryl methyl sites for hydroxylation is 2. The van der Waals surface area contributed by atoms with Gasteiger partial charge in [0.1, 0.15) is 0 Å². The molecule has 0 spiro atoms. The number of thioether (sulfide) groups is 1. The smallest absolute Gasteiger partial charge is 0.387 e. The average Bonchev–Trinajstić information content (AvgIpc) is 3.33. The second-order valence-electron chi connectivity index (χ2n) is 6.19. The molecule has 4 aromatic rings. The number of ether oxygens (including phenoxy) is 2. The Morgan fingerprint density at radius 3 is 2.73 bits per heavy atom. The predicted octanol–water partition coefficient (Wildman–Crippen LogP) is 3.69. The molecule has 4 rings (SSSR count). The van der Waals surface area contributed by atoms with Crippen LogP contribution in [0.1, 0.15) is 17.3 Å². The van der Waals surface area contributed by atoms with Crippen LogP contribution in [0.3, 0.4) is 0 Å². The molecule has 12 heteroatoms. The van der Waals surface area contributed by atoms with Gasteiger partial charge in [0.2, 0.25) is 16.9 Å². The van der Waals surface area contributed by atoms with Crippen LogP contribution in [0, 0.1) is 13.8 Å². The van der Waals surface area contributed by atoms with Gasteiger partial charge in [-0.3, -0.25) is 0 Å². The lowest BCUT2D eigenvalue weighted by Gasteiger charge is -2.10. The first kappa shape index (κ1) is 20.0. The molecule has 0 N–H and O–H groups in total. The molecule has 0 unspecified atom stereocenters. The summed E-state index contributed by atoms with van der Waals surface area (Å²) in [5.74, 6) is 1.60. The van der Waals surface area contributed by atoms with Crippen molar-refractivity contribution < 1.29 is 22.8 Å². The van der Waals surface area contributed by atoms with E-state index in [1.165, 1.54) is 31.0 Å². The van der Waals surface area contributed by atoms with Crippen LogP contribution in [-0.4, -0.2) is 43.4 Å². The van der Waals surface area contributed by atoms with Crippen molar-refractivity contribution in [3.63, 3.8) is 0 Å². The van der Waals surface area contributed by atoms with E-state index in [4.69, 9.17) is 9.26 Å². The Morgan fingerprint density at radius 2 is 1.97 bits per heavy atom. The Hall–Kier alpha value is -3.28. The third-order valence-electron chi connectivity index (χ3n) is 4.03. The zero-order chi connectivity index (χ0) is 21.3. The topological polar surface area (TPSA) is 100 Å². The summed E-state index contributed by atoms with van der Waals surface area (Å²) in [6.45, 7) is 0.881. The number of aromatic nitrogens is 6. The van der Waals surface area contributed by atoms with E-state index < -0.39 is 6.61 Å². The third-order valence-corrected chi connectivity index (χ3v) is 4.85. The number of methoxy groups -OCH3 is 1. The number of benzene rings is 1. The lowest BCUT2D eigenvalue weighted by molar-refractivity contribution is -0.0512. The molecule has 0 bridgehead atoms. The molecule has 156 valence electrons. The number of alkyl halides is 2. The van der Waals surface area contributed by atoms with Crippen molar-refractivity contribution in [2.75, 3.05) is 7.11 Å². The molecule has 0 fully saturated rings. The van der Waals surface area contributed by atoms with Gasteiger partial charge < -0.3 is 14.0 Å². The van der Waals surface area contributed by atoms with Crippen molar-refractivity contribution in [3.8, 4) is 22.9 Å². The van der Waals surface area contributed by atoms with Crippen molar-refractivity contribution in [1.82, 2.24) is 29.7 Å². The number of hydrogen-bond acceptors (Lipinski definition) is 9. The lowest BCUT2D eigenvalue weighted by atomic mass is 10.2. The maximum absolute atomic E-state index is 12.5. The van der Waals surface area contributed by atoms with Gasteiger partial charge in [-0.2, -0.15) is 18.7 Å². The molecule has 0 aliphatic rings. The molecule has 0 aliphatic heterocycles. The van der Waals surface area contributed by atoms with Gasteiger partial charge in [0, 0.05) is 17.0 Å². The highest BCUT2D eigenvalue weighted by Crippen LogP contribution is 2.33. The number of nitrogens with zero attached hydrogens (tertiary/aromatic N) is 6. The number of rotatable bonds is 7. The fourth-order valence-corrected chi connectivity index (χ4v) is 3.42. The minimum absolute atomic E-state index is 0.0763. The molecular formula is C18H16F2N6O3S. The van der Waals surface area contributed by atoms with Gasteiger partial charge in [-0.05, 0) is 38.1 Å². The molecule has 3 aromatic heterocycles. The van der Waals surface area contributed by atoms with Crippen LogP contribution >= 0.6 is 11.8 Å². The van der Waals surface area contributed by atoms with Crippen LogP contribution in [-0.2, 0) is 5.75 Å². The summed E-state index contributed by atoms with van der Waals surface area (Å²) < 4.78 is 41.4. The van der Waals surface area contributed by atoms with E-state index in [1.54, 1.807) is 10.6 Å². The molecule has 0 saturated carbocycles. The summed E-state index contributed by atoms with van der Waals surface area (Å²) in [6.07, 6.45) is 0. The van der Waals surface area contributed by atoms with E-state index in [9.17, 15) is 8.78 Å². The Labute approximate surface area is 173 Å². The number of hydrogen-bond donors (Lipinski definition) is 0. The van der Waals surface area contributed by atoms with Gasteiger partial charge in [-0.15, -0.1) is 5.10 Å². The molecule has 0 saturated heterocycles. The molecule has 30 heavy (non-hydrogen) atoms. The summed E-state index contributed by atoms with van der Waals surface area (Å²) in [5, 5.41) is 8.88. The van der Waals surface area contributed by atoms with Crippen LogP contribution in [0.25, 0.3) is 17.2 Å². The SMILES string of the molecule is COc1cc(-c2noc(CSc3nc4nc(C)cc(C)n4n3)n2)ccc1OC(F)F. The van der Waals surface area contributed by atoms with Crippen LogP contribution in [0.2, 0.25) is 0 Å². The Balaban J connectivity index is 1.49. The maximum atomic E-state index is 12.5. The molecular weight excluding hydrogens is 418 g/mol. The quantitative estimate of drug-likeness (QED) is 0.403. The third kappa shape index (κ3) is 4.17. The monoisotopic (exact) mass is 434 g/mol. The molecule has 0 radical (unpaired) electrons. The molecule has 3 heterocycles. The van der Waals surface area contributed by atoms with Gasteiger partial charge in [0.15, 0.2) is 11.5 Å². The zero-order valence-electron chi connectivity index (χ0n) is 16.2. The zero-order valence-corrected chi connectivity index (χ0v) is 17.0. The molecule has 0 atom stereocenters. The molecule has 0 aliphatic carbocycles. The number of fused-ring (bicyclic) bond motifs is 1.